The van der Waals surface area contributed by atoms with E-state index in [0.717, 1.165) is 11.7 Å². The number of hydrogen-bond donors (Lipinski definition) is 0. The van der Waals surface area contributed by atoms with Gasteiger partial charge in [0.05, 0.1) is 0 Å². The molecule has 3 aliphatic rings. The van der Waals surface area contributed by atoms with Crippen LogP contribution in [0.4, 0.5) is 0 Å². The van der Waals surface area contributed by atoms with Crippen LogP contribution in [0.2, 0.25) is 0 Å². The second-order valence-corrected chi connectivity index (χ2v) is 11.6. The molecule has 0 aromatic heterocycles. The van der Waals surface area contributed by atoms with Crippen LogP contribution in [0.1, 0.15) is 39.0 Å². The molecule has 2 aromatic rings. The first-order valence-corrected chi connectivity index (χ1v) is 13.1. The van der Waals surface area contributed by atoms with E-state index in [1.54, 1.807) is 0 Å². The minimum absolute atomic E-state index is 0.422. The molecule has 0 bridgehead atoms. The molecule has 2 heterocycles. The van der Waals surface area contributed by atoms with Gasteiger partial charge in [-0.2, -0.15) is 0 Å². The summed E-state index contributed by atoms with van der Waals surface area (Å²) in [4.78, 5) is 0. The van der Waals surface area contributed by atoms with E-state index in [1.807, 2.05) is 0 Å². The first-order chi connectivity index (χ1) is 12.8. The molecule has 0 radical (unpaired) electrons. The van der Waals surface area contributed by atoms with Gasteiger partial charge in [0.25, 0.3) is 0 Å². The van der Waals surface area contributed by atoms with Crippen LogP contribution in [-0.2, 0) is 3.53 Å². The van der Waals surface area contributed by atoms with Crippen LogP contribution in [0.15, 0.2) is 54.6 Å². The Morgan fingerprint density at radius 2 is 1.77 bits per heavy atom. The van der Waals surface area contributed by atoms with E-state index in [1.165, 1.54) is 43.2 Å². The molecule has 3 fully saturated rings. The van der Waals surface area contributed by atoms with Gasteiger partial charge < -0.3 is 0 Å². The first-order valence-electron chi connectivity index (χ1n) is 10.1. The molecule has 2 saturated heterocycles. The van der Waals surface area contributed by atoms with E-state index in [4.69, 9.17) is 7.06 Å². The normalized spacial score (nSPS) is 30.9. The summed E-state index contributed by atoms with van der Waals surface area (Å²) in [6.45, 7) is 2.38. The third kappa shape index (κ3) is 2.93. The van der Waals surface area contributed by atoms with Crippen molar-refractivity contribution in [3.05, 3.63) is 54.6 Å². The monoisotopic (exact) mass is 405 g/mol. The zero-order valence-electron chi connectivity index (χ0n) is 15.4. The Balaban J connectivity index is 1.45. The third-order valence-electron chi connectivity index (χ3n) is 6.47. The molecule has 4 heteroatoms. The number of nitrogens with zero attached hydrogens (tertiary/aromatic N) is 1. The van der Waals surface area contributed by atoms with Gasteiger partial charge in [-0.05, 0) is 0 Å². The van der Waals surface area contributed by atoms with E-state index in [2.05, 4.69) is 65.1 Å². The van der Waals surface area contributed by atoms with Crippen LogP contribution in [0.3, 0.4) is 0 Å². The summed E-state index contributed by atoms with van der Waals surface area (Å²) in [5.41, 5.74) is 2.39. The second-order valence-electron chi connectivity index (χ2n) is 8.02. The average Bonchev–Trinajstić information content (AvgIpc) is 3.06. The standard InChI is InChI=1S/C12H10O.C10H17NO.Ga/c13-12-9-5-4-8-11(12)10-6-2-1-3-7-10;1-7-5-6-8-3-2-4-9(12)10(8)11-7;/h1-9,13H;7-10H,2-6H2,1H3;/q;-2;+3/p-1. The molecule has 5 rings (SSSR count). The summed E-state index contributed by atoms with van der Waals surface area (Å²) < 4.78 is 16.1. The van der Waals surface area contributed by atoms with Crippen molar-refractivity contribution in [2.24, 2.45) is 5.92 Å². The fourth-order valence-corrected chi connectivity index (χ4v) is 10.7. The second kappa shape index (κ2) is 7.08. The fraction of sp³-hybridized carbons (Fsp3) is 0.455. The predicted molar refractivity (Wildman–Crippen MR) is 105 cm³/mol. The number of piperidine rings is 1. The molecule has 2 aliphatic heterocycles. The predicted octanol–water partition coefficient (Wildman–Crippen LogP) is 4.77. The molecule has 3 nitrogen and oxygen atoms in total. The first kappa shape index (κ1) is 16.9. The number of rotatable bonds is 3. The molecular formula is C22H26GaNO2. The van der Waals surface area contributed by atoms with E-state index in [0.29, 0.717) is 18.2 Å². The topological polar surface area (TPSA) is 21.7 Å². The summed E-state index contributed by atoms with van der Waals surface area (Å²) in [5.74, 6) is 1.82. The average molecular weight is 406 g/mol. The maximum absolute atomic E-state index is 6.70. The van der Waals surface area contributed by atoms with Crippen molar-refractivity contribution >= 4 is 17.2 Å². The molecule has 26 heavy (non-hydrogen) atoms. The van der Waals surface area contributed by atoms with Crippen LogP contribution in [0, 0.1) is 5.92 Å². The van der Waals surface area contributed by atoms with Gasteiger partial charge in [-0.3, -0.25) is 0 Å². The van der Waals surface area contributed by atoms with Crippen molar-refractivity contribution in [2.75, 3.05) is 0 Å². The van der Waals surface area contributed by atoms with E-state index in [9.17, 15) is 0 Å². The Morgan fingerprint density at radius 3 is 2.65 bits per heavy atom. The molecule has 1 aliphatic carbocycles. The Labute approximate surface area is 162 Å². The SMILES string of the molecule is CC1CCC2CCCC3[O][Ga]([O]c4ccccc4-c4ccccc4)[N]1C23. The van der Waals surface area contributed by atoms with Crippen molar-refractivity contribution in [1.29, 1.82) is 0 Å². The maximum atomic E-state index is 6.70. The zero-order chi connectivity index (χ0) is 17.5. The number of hydrogen-bond acceptors (Lipinski definition) is 3. The van der Waals surface area contributed by atoms with Gasteiger partial charge in [0.15, 0.2) is 0 Å². The van der Waals surface area contributed by atoms with Crippen molar-refractivity contribution < 1.29 is 7.06 Å². The molecule has 134 valence electrons. The molecule has 2 aromatic carbocycles. The summed E-state index contributed by atoms with van der Waals surface area (Å²) in [6, 6.07) is 20.2. The molecule has 0 amide bonds. The summed E-state index contributed by atoms with van der Waals surface area (Å²) >= 11 is -2.47. The molecular weight excluding hydrogens is 380 g/mol. The van der Waals surface area contributed by atoms with Crippen molar-refractivity contribution in [3.63, 3.8) is 0 Å². The van der Waals surface area contributed by atoms with Gasteiger partial charge >= 0.3 is 162 Å². The van der Waals surface area contributed by atoms with Crippen LogP contribution in [0.5, 0.6) is 5.75 Å². The van der Waals surface area contributed by atoms with Gasteiger partial charge in [-0.15, -0.1) is 0 Å². The Morgan fingerprint density at radius 1 is 0.962 bits per heavy atom. The van der Waals surface area contributed by atoms with E-state index < -0.39 is 17.2 Å². The van der Waals surface area contributed by atoms with Gasteiger partial charge in [0.1, 0.15) is 0 Å². The number of benzene rings is 2. The third-order valence-corrected chi connectivity index (χ3v) is 11.5. The number of para-hydroxylation sites is 1. The van der Waals surface area contributed by atoms with Crippen LogP contribution >= 0.6 is 0 Å². The Kier molecular flexibility index (Phi) is 4.61. The van der Waals surface area contributed by atoms with Crippen molar-refractivity contribution in [3.8, 4) is 16.9 Å². The molecule has 0 N–H and O–H groups in total. The summed E-state index contributed by atoms with van der Waals surface area (Å²) in [5, 5.41) is 0. The summed E-state index contributed by atoms with van der Waals surface area (Å²) in [7, 11) is 0. The molecule has 1 saturated carbocycles. The Bertz CT molecular complexity index is 768. The fourth-order valence-electron chi connectivity index (χ4n) is 5.21. The minimum atomic E-state index is -2.47. The zero-order valence-corrected chi connectivity index (χ0v) is 17.8. The van der Waals surface area contributed by atoms with Gasteiger partial charge in [0.2, 0.25) is 0 Å². The van der Waals surface area contributed by atoms with E-state index >= 15 is 0 Å². The van der Waals surface area contributed by atoms with Gasteiger partial charge in [0, 0.05) is 0 Å². The van der Waals surface area contributed by atoms with Crippen LogP contribution in [0.25, 0.3) is 11.1 Å². The van der Waals surface area contributed by atoms with Crippen molar-refractivity contribution in [2.45, 2.75) is 57.2 Å². The Hall–Kier alpha value is -1.20. The van der Waals surface area contributed by atoms with Gasteiger partial charge in [-0.25, -0.2) is 0 Å². The molecule has 4 atom stereocenters. The quantitative estimate of drug-likeness (QED) is 0.686. The van der Waals surface area contributed by atoms with E-state index in [-0.39, 0.29) is 0 Å². The summed E-state index contributed by atoms with van der Waals surface area (Å²) in [6.07, 6.45) is 7.01. The van der Waals surface area contributed by atoms with Gasteiger partial charge in [-0.1, -0.05) is 0 Å². The van der Waals surface area contributed by atoms with Crippen molar-refractivity contribution in [1.82, 2.24) is 3.61 Å². The van der Waals surface area contributed by atoms with Crippen LogP contribution in [-0.4, -0.2) is 39.0 Å². The molecule has 4 unspecified atom stereocenters. The van der Waals surface area contributed by atoms with Crippen LogP contribution < -0.4 is 3.53 Å². The molecule has 0 spiro atoms.